The average Bonchev–Trinajstić information content (AvgIpc) is 3.03. The molecule has 0 radical (unpaired) electrons. The maximum absolute atomic E-state index is 13.1. The van der Waals surface area contributed by atoms with Gasteiger partial charge in [-0.3, -0.25) is 9.59 Å². The predicted molar refractivity (Wildman–Crippen MR) is 187 cm³/mol. The first-order valence-electron chi connectivity index (χ1n) is 16.0. The molecule has 4 aromatic rings. The zero-order valence-electron chi connectivity index (χ0n) is 26.6. The van der Waals surface area contributed by atoms with Crippen molar-refractivity contribution in [2.75, 3.05) is 5.73 Å². The second-order valence-corrected chi connectivity index (χ2v) is 12.9. The van der Waals surface area contributed by atoms with E-state index in [1.54, 1.807) is 0 Å². The van der Waals surface area contributed by atoms with E-state index in [0.717, 1.165) is 45.5 Å². The summed E-state index contributed by atoms with van der Waals surface area (Å²) >= 11 is 0. The van der Waals surface area contributed by atoms with Crippen molar-refractivity contribution < 1.29 is 9.53 Å². The van der Waals surface area contributed by atoms with Crippen molar-refractivity contribution >= 4 is 33.3 Å². The number of nitrogens with two attached hydrogens (primary N) is 1. The first-order valence-corrected chi connectivity index (χ1v) is 16.0. The molecule has 0 bridgehead atoms. The SMILES string of the molecule is C=C1NC(=C)C([C@@]2(C)CC(CCC(=O)CCC(CC#Cc3ccc4[nH]c5ccccc5c(=O)c4c3)c3ccccc3N)O2)C=C1C. The van der Waals surface area contributed by atoms with E-state index < -0.39 is 0 Å². The van der Waals surface area contributed by atoms with Crippen molar-refractivity contribution in [1.29, 1.82) is 0 Å². The number of carbonyl (C=O) groups excluding carboxylic acids is 1. The van der Waals surface area contributed by atoms with Gasteiger partial charge in [0, 0.05) is 76.1 Å². The lowest BCUT2D eigenvalue weighted by molar-refractivity contribution is -0.212. The van der Waals surface area contributed by atoms with Gasteiger partial charge in [-0.25, -0.2) is 0 Å². The minimum absolute atomic E-state index is 0.00644. The van der Waals surface area contributed by atoms with E-state index in [2.05, 4.69) is 48.3 Å². The molecule has 6 nitrogen and oxygen atoms in total. The van der Waals surface area contributed by atoms with Gasteiger partial charge in [0.2, 0.25) is 0 Å². The second kappa shape index (κ2) is 12.9. The number of ketones is 1. The van der Waals surface area contributed by atoms with Crippen molar-refractivity contribution in [1.82, 2.24) is 10.3 Å². The van der Waals surface area contributed by atoms with Crippen LogP contribution in [0.25, 0.3) is 21.8 Å². The van der Waals surface area contributed by atoms with Gasteiger partial charge in [-0.1, -0.05) is 61.4 Å². The average molecular weight is 612 g/mol. The number of nitrogens with one attached hydrogen (secondary N) is 2. The van der Waals surface area contributed by atoms with Gasteiger partial charge in [0.15, 0.2) is 5.43 Å². The number of ether oxygens (including phenoxy) is 1. The van der Waals surface area contributed by atoms with Crippen LogP contribution in [0.5, 0.6) is 0 Å². The van der Waals surface area contributed by atoms with Crippen LogP contribution < -0.4 is 16.5 Å². The number of benzene rings is 3. The number of H-pyrrole nitrogens is 1. The summed E-state index contributed by atoms with van der Waals surface area (Å²) < 4.78 is 6.35. The third kappa shape index (κ3) is 6.42. The molecule has 3 aromatic carbocycles. The van der Waals surface area contributed by atoms with Gasteiger partial charge in [-0.15, -0.1) is 0 Å². The van der Waals surface area contributed by atoms with Crippen LogP contribution in [0.4, 0.5) is 5.69 Å². The molecule has 0 amide bonds. The zero-order valence-corrected chi connectivity index (χ0v) is 26.6. The molecule has 234 valence electrons. The quantitative estimate of drug-likeness (QED) is 0.103. The number of anilines is 1. The molecule has 4 atom stereocenters. The topological polar surface area (TPSA) is 97.2 Å². The summed E-state index contributed by atoms with van der Waals surface area (Å²) in [6.45, 7) is 12.4. The maximum Gasteiger partial charge on any atom is 0.197 e. The lowest BCUT2D eigenvalue weighted by Gasteiger charge is -2.51. The number of carbonyl (C=O) groups is 1. The zero-order chi connectivity index (χ0) is 32.4. The number of aromatic nitrogens is 1. The number of hydrogen-bond acceptors (Lipinski definition) is 5. The highest BCUT2D eigenvalue weighted by molar-refractivity contribution is 5.92. The second-order valence-electron chi connectivity index (χ2n) is 12.9. The molecule has 1 aromatic heterocycles. The van der Waals surface area contributed by atoms with Gasteiger partial charge in [0.1, 0.15) is 5.78 Å². The number of nitrogen functional groups attached to an aromatic ring is 1. The molecule has 6 rings (SSSR count). The Labute approximate surface area is 270 Å². The molecule has 3 unspecified atom stereocenters. The smallest absolute Gasteiger partial charge is 0.197 e. The van der Waals surface area contributed by atoms with Crippen molar-refractivity contribution in [3.8, 4) is 11.8 Å². The molecule has 3 heterocycles. The Hall–Kier alpha value is -4.86. The van der Waals surface area contributed by atoms with E-state index in [9.17, 15) is 9.59 Å². The molecule has 6 heteroatoms. The summed E-state index contributed by atoms with van der Waals surface area (Å²) in [5.74, 6) is 6.89. The van der Waals surface area contributed by atoms with Crippen LogP contribution >= 0.6 is 0 Å². The fraction of sp³-hybridized carbons (Fsp3) is 0.300. The van der Waals surface area contributed by atoms with E-state index >= 15 is 0 Å². The van der Waals surface area contributed by atoms with Crippen molar-refractivity contribution in [2.24, 2.45) is 5.92 Å². The van der Waals surface area contributed by atoms with Crippen LogP contribution in [0.3, 0.4) is 0 Å². The van der Waals surface area contributed by atoms with Gasteiger partial charge in [0.25, 0.3) is 0 Å². The van der Waals surface area contributed by atoms with Gasteiger partial charge in [0.05, 0.1) is 11.7 Å². The Morgan fingerprint density at radius 3 is 2.61 bits per heavy atom. The highest BCUT2D eigenvalue weighted by Crippen LogP contribution is 2.45. The van der Waals surface area contributed by atoms with Crippen LogP contribution in [0.2, 0.25) is 0 Å². The first-order chi connectivity index (χ1) is 22.1. The molecule has 0 saturated carbocycles. The summed E-state index contributed by atoms with van der Waals surface area (Å²) in [6.07, 6.45) is 6.01. The lowest BCUT2D eigenvalue weighted by atomic mass is 9.74. The fourth-order valence-electron chi connectivity index (χ4n) is 6.86. The fourth-order valence-corrected chi connectivity index (χ4v) is 6.86. The number of rotatable bonds is 9. The molecule has 0 spiro atoms. The molecule has 0 aliphatic carbocycles. The van der Waals surface area contributed by atoms with Gasteiger partial charge >= 0.3 is 0 Å². The number of aromatic amines is 1. The van der Waals surface area contributed by atoms with Crippen LogP contribution in [0.15, 0.2) is 108 Å². The normalized spacial score (nSPS) is 21.6. The monoisotopic (exact) mass is 611 g/mol. The first kappa shape index (κ1) is 31.1. The number of hydrogen-bond donors (Lipinski definition) is 3. The van der Waals surface area contributed by atoms with E-state index in [1.165, 1.54) is 0 Å². The molecular weight excluding hydrogens is 570 g/mol. The predicted octanol–water partition coefficient (Wildman–Crippen LogP) is 7.66. The standard InChI is InChI=1S/C40H41N3O3/c1-25-22-35(27(3)42-26(25)2)40(4)24-31(46-40)20-19-30(44)18-17-29(32-12-5-7-14-36(32)41)11-9-10-28-16-21-38-34(23-28)39(45)33-13-6-8-15-37(33)43-38/h5-8,12-16,21-23,29,31,35,42H,2-3,11,17-20,24,41H2,1,4H3,(H,43,45)/t29?,31?,35?,40-/m1/s1. The van der Waals surface area contributed by atoms with Crippen molar-refractivity contribution in [3.05, 3.63) is 124 Å². The van der Waals surface area contributed by atoms with Crippen LogP contribution in [0, 0.1) is 17.8 Å². The van der Waals surface area contributed by atoms with Gasteiger partial charge < -0.3 is 20.8 Å². The molecule has 46 heavy (non-hydrogen) atoms. The molecule has 1 fully saturated rings. The van der Waals surface area contributed by atoms with Crippen LogP contribution in [0.1, 0.15) is 69.4 Å². The minimum atomic E-state index is -0.319. The van der Waals surface area contributed by atoms with E-state index in [4.69, 9.17) is 10.5 Å². The highest BCUT2D eigenvalue weighted by Gasteiger charge is 2.48. The summed E-state index contributed by atoms with van der Waals surface area (Å²) in [4.78, 5) is 29.5. The lowest BCUT2D eigenvalue weighted by Crippen LogP contribution is -2.55. The van der Waals surface area contributed by atoms with Gasteiger partial charge in [-0.2, -0.15) is 0 Å². The summed E-state index contributed by atoms with van der Waals surface area (Å²) in [5, 5.41) is 4.56. The van der Waals surface area contributed by atoms with Crippen molar-refractivity contribution in [3.63, 3.8) is 0 Å². The third-order valence-electron chi connectivity index (χ3n) is 9.55. The Bertz CT molecular complexity index is 2000. The summed E-state index contributed by atoms with van der Waals surface area (Å²) in [5.41, 5.74) is 13.0. The summed E-state index contributed by atoms with van der Waals surface area (Å²) in [7, 11) is 0. The Kier molecular flexibility index (Phi) is 8.71. The number of para-hydroxylation sites is 2. The molecule has 1 saturated heterocycles. The molecule has 2 aliphatic rings. The molecule has 4 N–H and O–H groups in total. The maximum atomic E-state index is 13.1. The largest absolute Gasteiger partial charge is 0.398 e. The van der Waals surface area contributed by atoms with Crippen LogP contribution in [-0.4, -0.2) is 22.5 Å². The van der Waals surface area contributed by atoms with E-state index in [-0.39, 0.29) is 34.8 Å². The summed E-state index contributed by atoms with van der Waals surface area (Å²) in [6, 6.07) is 21.0. The molecule has 2 aliphatic heterocycles. The van der Waals surface area contributed by atoms with Gasteiger partial charge in [-0.05, 0) is 80.1 Å². The minimum Gasteiger partial charge on any atom is -0.398 e. The number of allylic oxidation sites excluding steroid dienone is 1. The Balaban J connectivity index is 1.08. The Morgan fingerprint density at radius 1 is 1.07 bits per heavy atom. The number of fused-ring (bicyclic) bond motifs is 2. The molecular formula is C40H41N3O3. The highest BCUT2D eigenvalue weighted by atomic mass is 16.5. The van der Waals surface area contributed by atoms with E-state index in [1.807, 2.05) is 73.7 Å². The Morgan fingerprint density at radius 2 is 1.80 bits per heavy atom. The third-order valence-corrected chi connectivity index (χ3v) is 9.55. The number of pyridine rings is 1. The number of Topliss-reactive ketones (excluding diaryl/α,β-unsaturated/α-hetero) is 1. The van der Waals surface area contributed by atoms with E-state index in [0.29, 0.717) is 48.6 Å². The van der Waals surface area contributed by atoms with Crippen LogP contribution in [-0.2, 0) is 9.53 Å². The van der Waals surface area contributed by atoms with Crippen molar-refractivity contribution in [2.45, 2.75) is 70.0 Å².